The first-order valence-electron chi connectivity index (χ1n) is 8.80. The van der Waals surface area contributed by atoms with Gasteiger partial charge in [0, 0.05) is 0 Å². The van der Waals surface area contributed by atoms with Crippen LogP contribution in [0.5, 0.6) is 0 Å². The van der Waals surface area contributed by atoms with E-state index in [1.165, 1.54) is 30.7 Å². The van der Waals surface area contributed by atoms with E-state index < -0.39 is 52.2 Å². The van der Waals surface area contributed by atoms with E-state index in [2.05, 4.69) is 27.7 Å². The molecule has 0 radical (unpaired) electrons. The third-order valence-electron chi connectivity index (χ3n) is 4.93. The highest BCUT2D eigenvalue weighted by atomic mass is 32.2. The number of hydrogen-bond donors (Lipinski definition) is 0. The van der Waals surface area contributed by atoms with Crippen LogP contribution >= 0.6 is 0 Å². The van der Waals surface area contributed by atoms with Gasteiger partial charge in [-0.05, 0) is 27.7 Å². The van der Waals surface area contributed by atoms with E-state index in [1.54, 1.807) is 0 Å². The van der Waals surface area contributed by atoms with Crippen molar-refractivity contribution in [1.82, 2.24) is 0 Å². The van der Waals surface area contributed by atoms with E-state index in [0.29, 0.717) is 0 Å². The van der Waals surface area contributed by atoms with E-state index in [0.717, 1.165) is 0 Å². The molecule has 0 aliphatic heterocycles. The van der Waals surface area contributed by atoms with Gasteiger partial charge in [0.2, 0.25) is 6.17 Å². The lowest BCUT2D eigenvalue weighted by Crippen LogP contribution is -2.64. The van der Waals surface area contributed by atoms with Crippen LogP contribution in [-0.4, -0.2) is 85.7 Å². The highest BCUT2D eigenvalue weighted by Gasteiger charge is 2.79. The molecule has 0 aromatic carbocycles. The number of alkyl halides is 11. The molecule has 16 heteroatoms. The lowest BCUT2D eigenvalue weighted by atomic mass is 9.98. The third kappa shape index (κ3) is 7.04. The maximum atomic E-state index is 12.8. The van der Waals surface area contributed by atoms with Crippen LogP contribution in [0.3, 0.4) is 0 Å². The fourth-order valence-corrected chi connectivity index (χ4v) is 2.90. The maximum absolute atomic E-state index is 12.8. The zero-order chi connectivity index (χ0) is 25.6. The Labute approximate surface area is 172 Å². The largest absolute Gasteiger partial charge is 0.746 e. The van der Waals surface area contributed by atoms with Gasteiger partial charge in [-0.1, -0.05) is 0 Å². The summed E-state index contributed by atoms with van der Waals surface area (Å²) in [5.41, 5.74) is -5.46. The van der Waals surface area contributed by atoms with Gasteiger partial charge < -0.3 is 9.04 Å². The number of nitrogens with zero attached hydrogens (tertiary/aromatic N) is 1. The Hall–Kier alpha value is -0.900. The monoisotopic (exact) mass is 507 g/mol. The Morgan fingerprint density at radius 2 is 1.06 bits per heavy atom. The molecule has 0 aliphatic carbocycles. The molecular weight excluding hydrogens is 483 g/mol. The van der Waals surface area contributed by atoms with Crippen LogP contribution < -0.4 is 0 Å². The Bertz CT molecular complexity index is 625. The van der Waals surface area contributed by atoms with Gasteiger partial charge in [-0.2, -0.15) is 26.3 Å². The van der Waals surface area contributed by atoms with E-state index in [-0.39, 0.29) is 0 Å². The van der Waals surface area contributed by atoms with E-state index >= 15 is 0 Å². The maximum Gasteiger partial charge on any atom is 0.379 e. The van der Waals surface area contributed by atoms with Crippen LogP contribution in [0.15, 0.2) is 0 Å². The molecule has 0 fully saturated rings. The molecule has 0 saturated carbocycles. The fraction of sp³-hybridized carbons (Fsp3) is 1.00. The number of quaternary nitrogens is 1. The highest BCUT2D eigenvalue weighted by molar-refractivity contribution is 7.86. The molecule has 0 rings (SSSR count). The zero-order valence-corrected chi connectivity index (χ0v) is 17.7. The zero-order valence-electron chi connectivity index (χ0n) is 16.9. The molecule has 0 N–H and O–H groups in total. The molecule has 3 atom stereocenters. The molecule has 4 nitrogen and oxygen atoms in total. The van der Waals surface area contributed by atoms with Crippen molar-refractivity contribution in [2.45, 2.75) is 69.7 Å². The molecule has 3 unspecified atom stereocenters. The van der Waals surface area contributed by atoms with Crippen LogP contribution in [0.1, 0.15) is 27.7 Å². The minimum Gasteiger partial charge on any atom is -0.746 e. The van der Waals surface area contributed by atoms with Crippen LogP contribution in [0.2, 0.25) is 0 Å². The summed E-state index contributed by atoms with van der Waals surface area (Å²) in [6.07, 6.45) is -14.5. The van der Waals surface area contributed by atoms with Crippen molar-refractivity contribution < 1.29 is 65.7 Å². The first-order valence-corrected chi connectivity index (χ1v) is 10.3. The quantitative estimate of drug-likeness (QED) is 0.234. The van der Waals surface area contributed by atoms with Crippen molar-refractivity contribution in [2.24, 2.45) is 0 Å². The predicted molar refractivity (Wildman–Crippen MR) is 87.7 cm³/mol. The number of hydrogen-bond acceptors (Lipinski definition) is 3. The summed E-state index contributed by atoms with van der Waals surface area (Å²) in [7, 11) is -6.91. The average molecular weight is 507 g/mol. The van der Waals surface area contributed by atoms with Gasteiger partial charge >= 0.3 is 17.8 Å². The standard InChI is InChI=1S/C8H20N.C7H5F11O3S/c1-5-9(6-2,7-3)8-4;8-1(3(10)11)2(9)5(13,14)7(17,18)6(15,16)4(12)22(19,20)21/h5-8H2,1-4H3;1-4H,(H,19,20,21)/q+1;/p-1. The van der Waals surface area contributed by atoms with Crippen LogP contribution in [-0.2, 0) is 10.1 Å². The number of rotatable bonds is 11. The van der Waals surface area contributed by atoms with Gasteiger partial charge in [0.15, 0.2) is 6.17 Å². The molecule has 0 aromatic heterocycles. The second kappa shape index (κ2) is 11.3. The van der Waals surface area contributed by atoms with Crippen molar-refractivity contribution in [3.8, 4) is 0 Å². The van der Waals surface area contributed by atoms with Gasteiger partial charge in [0.25, 0.3) is 11.9 Å². The second-order valence-electron chi connectivity index (χ2n) is 6.42. The van der Waals surface area contributed by atoms with Gasteiger partial charge in [-0.15, -0.1) is 0 Å². The Kier molecular flexibility index (Phi) is 11.8. The molecule has 0 aliphatic rings. The van der Waals surface area contributed by atoms with E-state index in [1.807, 2.05) is 0 Å². The van der Waals surface area contributed by atoms with Crippen molar-refractivity contribution >= 4 is 10.1 Å². The molecule has 31 heavy (non-hydrogen) atoms. The fourth-order valence-electron chi connectivity index (χ4n) is 2.39. The first kappa shape index (κ1) is 32.3. The Morgan fingerprint density at radius 1 is 0.742 bits per heavy atom. The summed E-state index contributed by atoms with van der Waals surface area (Å²) >= 11 is 0. The second-order valence-corrected chi connectivity index (χ2v) is 7.82. The molecule has 0 bridgehead atoms. The van der Waals surface area contributed by atoms with E-state index in [4.69, 9.17) is 0 Å². The van der Waals surface area contributed by atoms with Gasteiger partial charge in [0.1, 0.15) is 10.1 Å². The topological polar surface area (TPSA) is 57.2 Å². The predicted octanol–water partition coefficient (Wildman–Crippen LogP) is 4.56. The summed E-state index contributed by atoms with van der Waals surface area (Å²) in [5.74, 6) is -21.3. The van der Waals surface area contributed by atoms with Gasteiger partial charge in [-0.25, -0.2) is 30.4 Å². The SMILES string of the molecule is CC[N+](CC)(CC)CC.O=S(=O)([O-])C(F)C(F)(F)C(F)(F)C(F)(F)C(F)C(F)C(F)F. The molecule has 0 heterocycles. The van der Waals surface area contributed by atoms with Crippen molar-refractivity contribution in [1.29, 1.82) is 0 Å². The lowest BCUT2D eigenvalue weighted by Gasteiger charge is -2.36. The average Bonchev–Trinajstić information content (AvgIpc) is 2.67. The van der Waals surface area contributed by atoms with Crippen LogP contribution in [0.25, 0.3) is 0 Å². The normalized spacial score (nSPS) is 17.1. The summed E-state index contributed by atoms with van der Waals surface area (Å²) < 4.78 is 168. The lowest BCUT2D eigenvalue weighted by molar-refractivity contribution is -0.921. The molecule has 0 aromatic rings. The smallest absolute Gasteiger partial charge is 0.379 e. The molecule has 0 amide bonds. The molecular formula is C15H24F11NO3S. The Morgan fingerprint density at radius 3 is 1.26 bits per heavy atom. The minimum atomic E-state index is -7.31. The molecule has 190 valence electrons. The summed E-state index contributed by atoms with van der Waals surface area (Å²) in [6, 6.07) is 0. The van der Waals surface area contributed by atoms with Crippen LogP contribution in [0.4, 0.5) is 48.3 Å². The van der Waals surface area contributed by atoms with E-state index in [9.17, 15) is 61.3 Å². The van der Waals surface area contributed by atoms with Gasteiger partial charge in [0.05, 0.1) is 26.2 Å². The summed E-state index contributed by atoms with van der Waals surface area (Å²) in [6.45, 7) is 14.2. The molecule has 0 saturated heterocycles. The van der Waals surface area contributed by atoms with Crippen molar-refractivity contribution in [3.63, 3.8) is 0 Å². The van der Waals surface area contributed by atoms with Gasteiger partial charge in [-0.3, -0.25) is 0 Å². The summed E-state index contributed by atoms with van der Waals surface area (Å²) in [5, 5.41) is 0. The molecule has 0 spiro atoms. The van der Waals surface area contributed by atoms with Crippen molar-refractivity contribution in [3.05, 3.63) is 0 Å². The first-order chi connectivity index (χ1) is 13.7. The number of halogens is 11. The van der Waals surface area contributed by atoms with Crippen molar-refractivity contribution in [2.75, 3.05) is 26.2 Å². The van der Waals surface area contributed by atoms with Crippen LogP contribution in [0, 0.1) is 0 Å². The summed E-state index contributed by atoms with van der Waals surface area (Å²) in [4.78, 5) is 0. The highest BCUT2D eigenvalue weighted by Crippen LogP contribution is 2.52. The Balaban J connectivity index is 0. The third-order valence-corrected chi connectivity index (χ3v) is 5.73. The minimum absolute atomic E-state index is 1.28.